The van der Waals surface area contributed by atoms with Gasteiger partial charge in [-0.3, -0.25) is 4.21 Å². The number of aromatic nitrogens is 2. The lowest BCUT2D eigenvalue weighted by Crippen LogP contribution is -1.95. The van der Waals surface area contributed by atoms with Crippen molar-refractivity contribution < 1.29 is 4.21 Å². The van der Waals surface area contributed by atoms with E-state index in [9.17, 15) is 4.21 Å². The SMILES string of the molecule is C[S@](=O)c1nccc(Cl)n1. The molecule has 1 atom stereocenters. The lowest BCUT2D eigenvalue weighted by atomic mass is 10.7. The highest BCUT2D eigenvalue weighted by Crippen LogP contribution is 2.03. The Kier molecular flexibility index (Phi) is 2.34. The fourth-order valence-electron chi connectivity index (χ4n) is 0.459. The molecule has 0 unspecified atom stereocenters. The highest BCUT2D eigenvalue weighted by atomic mass is 35.5. The normalized spacial score (nSPS) is 13.0. The molecule has 0 N–H and O–H groups in total. The van der Waals surface area contributed by atoms with Crippen LogP contribution in [0.2, 0.25) is 5.15 Å². The molecule has 1 aromatic rings. The molecule has 0 fully saturated rings. The van der Waals surface area contributed by atoms with E-state index >= 15 is 0 Å². The zero-order valence-corrected chi connectivity index (χ0v) is 6.82. The second kappa shape index (κ2) is 3.07. The van der Waals surface area contributed by atoms with Gasteiger partial charge in [0.05, 0.1) is 10.8 Å². The number of hydrogen-bond acceptors (Lipinski definition) is 3. The van der Waals surface area contributed by atoms with Gasteiger partial charge in [-0.2, -0.15) is 0 Å². The Morgan fingerprint density at radius 2 is 2.40 bits per heavy atom. The van der Waals surface area contributed by atoms with Crippen molar-refractivity contribution in [1.82, 2.24) is 9.97 Å². The predicted octanol–water partition coefficient (Wildman–Crippen LogP) is 0.867. The summed E-state index contributed by atoms with van der Waals surface area (Å²) in [6.45, 7) is 0. The lowest BCUT2D eigenvalue weighted by molar-refractivity contribution is 0.679. The Bertz CT molecular complexity index is 266. The third-order valence-electron chi connectivity index (χ3n) is 0.857. The van der Waals surface area contributed by atoms with E-state index in [1.54, 1.807) is 0 Å². The van der Waals surface area contributed by atoms with Gasteiger partial charge in [-0.1, -0.05) is 11.6 Å². The smallest absolute Gasteiger partial charge is 0.219 e. The van der Waals surface area contributed by atoms with E-state index in [1.807, 2.05) is 0 Å². The Hall–Kier alpha value is -0.480. The highest BCUT2D eigenvalue weighted by Gasteiger charge is 1.99. The third-order valence-corrected chi connectivity index (χ3v) is 1.78. The average Bonchev–Trinajstić information content (AvgIpc) is 1.88. The summed E-state index contributed by atoms with van der Waals surface area (Å²) in [5, 5.41) is 0.590. The Balaban J connectivity index is 3.07. The van der Waals surface area contributed by atoms with Crippen molar-refractivity contribution in [3.63, 3.8) is 0 Å². The van der Waals surface area contributed by atoms with E-state index in [4.69, 9.17) is 11.6 Å². The fraction of sp³-hybridized carbons (Fsp3) is 0.200. The molecule has 0 aliphatic rings. The first-order chi connectivity index (χ1) is 4.70. The first-order valence-electron chi connectivity index (χ1n) is 2.52. The van der Waals surface area contributed by atoms with E-state index in [-0.39, 0.29) is 5.16 Å². The molecule has 1 heterocycles. The van der Waals surface area contributed by atoms with Gasteiger partial charge in [0.1, 0.15) is 5.15 Å². The van der Waals surface area contributed by atoms with E-state index < -0.39 is 10.8 Å². The molecule has 0 amide bonds. The molecule has 10 heavy (non-hydrogen) atoms. The zero-order chi connectivity index (χ0) is 7.56. The molecular weight excluding hydrogens is 172 g/mol. The maximum absolute atomic E-state index is 10.7. The van der Waals surface area contributed by atoms with Gasteiger partial charge in [-0.05, 0) is 6.07 Å². The second-order valence-electron chi connectivity index (χ2n) is 1.62. The van der Waals surface area contributed by atoms with Crippen LogP contribution in [0.1, 0.15) is 0 Å². The molecule has 0 aliphatic heterocycles. The third kappa shape index (κ3) is 1.75. The van der Waals surface area contributed by atoms with Crippen LogP contribution in [0.4, 0.5) is 0 Å². The summed E-state index contributed by atoms with van der Waals surface area (Å²) in [6.07, 6.45) is 2.98. The van der Waals surface area contributed by atoms with Crippen molar-refractivity contribution in [1.29, 1.82) is 0 Å². The average molecular weight is 177 g/mol. The molecule has 1 rings (SSSR count). The molecule has 0 aromatic carbocycles. The topological polar surface area (TPSA) is 42.9 Å². The fourth-order valence-corrected chi connectivity index (χ4v) is 1.08. The lowest BCUT2D eigenvalue weighted by Gasteiger charge is -1.92. The quantitative estimate of drug-likeness (QED) is 0.471. The van der Waals surface area contributed by atoms with Crippen LogP contribution in [-0.2, 0) is 10.8 Å². The predicted molar refractivity (Wildman–Crippen MR) is 39.4 cm³/mol. The van der Waals surface area contributed by atoms with Crippen LogP contribution < -0.4 is 0 Å². The maximum atomic E-state index is 10.7. The Labute approximate surface area is 65.9 Å². The Morgan fingerprint density at radius 3 is 2.80 bits per heavy atom. The minimum Gasteiger partial charge on any atom is -0.251 e. The van der Waals surface area contributed by atoms with Gasteiger partial charge < -0.3 is 0 Å². The second-order valence-corrected chi connectivity index (χ2v) is 3.28. The van der Waals surface area contributed by atoms with Crippen molar-refractivity contribution >= 4 is 22.4 Å². The van der Waals surface area contributed by atoms with Crippen LogP contribution in [0.15, 0.2) is 17.4 Å². The van der Waals surface area contributed by atoms with Crippen LogP contribution in [0, 0.1) is 0 Å². The largest absolute Gasteiger partial charge is 0.251 e. The van der Waals surface area contributed by atoms with Crippen LogP contribution >= 0.6 is 11.6 Å². The molecule has 0 aliphatic carbocycles. The minimum atomic E-state index is -1.15. The van der Waals surface area contributed by atoms with Gasteiger partial charge in [0.25, 0.3) is 0 Å². The van der Waals surface area contributed by atoms with Crippen LogP contribution in [-0.4, -0.2) is 20.4 Å². The molecule has 0 saturated heterocycles. The van der Waals surface area contributed by atoms with E-state index in [2.05, 4.69) is 9.97 Å². The summed E-state index contributed by atoms with van der Waals surface area (Å²) in [5.74, 6) is 0. The molecule has 0 bridgehead atoms. The molecule has 0 radical (unpaired) electrons. The first kappa shape index (κ1) is 7.63. The molecular formula is C5H5ClN2OS. The van der Waals surface area contributed by atoms with Gasteiger partial charge >= 0.3 is 0 Å². The zero-order valence-electron chi connectivity index (χ0n) is 5.24. The van der Waals surface area contributed by atoms with Gasteiger partial charge in [0.2, 0.25) is 5.16 Å². The van der Waals surface area contributed by atoms with Crippen LogP contribution in [0.5, 0.6) is 0 Å². The summed E-state index contributed by atoms with van der Waals surface area (Å²) in [7, 11) is -1.15. The van der Waals surface area contributed by atoms with Crippen molar-refractivity contribution in [3.05, 3.63) is 17.4 Å². The first-order valence-corrected chi connectivity index (χ1v) is 4.46. The van der Waals surface area contributed by atoms with Gasteiger partial charge in [-0.25, -0.2) is 9.97 Å². The highest BCUT2D eigenvalue weighted by molar-refractivity contribution is 7.84. The number of hydrogen-bond donors (Lipinski definition) is 0. The molecule has 54 valence electrons. The van der Waals surface area contributed by atoms with E-state index in [1.165, 1.54) is 18.5 Å². The van der Waals surface area contributed by atoms with Crippen molar-refractivity contribution in [2.75, 3.05) is 6.26 Å². The molecule has 5 heteroatoms. The van der Waals surface area contributed by atoms with Crippen LogP contribution in [0.3, 0.4) is 0 Å². The van der Waals surface area contributed by atoms with Crippen molar-refractivity contribution in [2.24, 2.45) is 0 Å². The van der Waals surface area contributed by atoms with Crippen LogP contribution in [0.25, 0.3) is 0 Å². The van der Waals surface area contributed by atoms with E-state index in [0.29, 0.717) is 5.15 Å². The maximum Gasteiger partial charge on any atom is 0.219 e. The molecule has 0 saturated carbocycles. The number of rotatable bonds is 1. The summed E-state index contributed by atoms with van der Waals surface area (Å²) >= 11 is 5.50. The number of nitrogens with zero attached hydrogens (tertiary/aromatic N) is 2. The molecule has 0 spiro atoms. The molecule has 1 aromatic heterocycles. The van der Waals surface area contributed by atoms with Gasteiger partial charge in [-0.15, -0.1) is 0 Å². The van der Waals surface area contributed by atoms with E-state index in [0.717, 1.165) is 0 Å². The molecule has 3 nitrogen and oxygen atoms in total. The minimum absolute atomic E-state index is 0.271. The summed E-state index contributed by atoms with van der Waals surface area (Å²) in [5.41, 5.74) is 0. The summed E-state index contributed by atoms with van der Waals surface area (Å²) in [4.78, 5) is 7.47. The summed E-state index contributed by atoms with van der Waals surface area (Å²) < 4.78 is 10.7. The Morgan fingerprint density at radius 1 is 1.70 bits per heavy atom. The van der Waals surface area contributed by atoms with Crippen molar-refractivity contribution in [3.8, 4) is 0 Å². The summed E-state index contributed by atoms with van der Waals surface area (Å²) in [6, 6.07) is 1.54. The van der Waals surface area contributed by atoms with Gasteiger partial charge in [0.15, 0.2) is 0 Å². The monoisotopic (exact) mass is 176 g/mol. The van der Waals surface area contributed by atoms with Crippen molar-refractivity contribution in [2.45, 2.75) is 5.16 Å². The number of halogens is 1. The van der Waals surface area contributed by atoms with Gasteiger partial charge in [0, 0.05) is 12.5 Å². The standard InChI is InChI=1S/C5H5ClN2OS/c1-10(9)5-7-3-2-4(6)8-5/h2-3H,1H3/t10-/m0/s1.